The fourth-order valence-electron chi connectivity index (χ4n) is 1.14. The Balaban J connectivity index is 2.28. The van der Waals surface area contributed by atoms with Crippen LogP contribution in [0, 0.1) is 0 Å². The largest absolute Gasteiger partial charge is 0.491 e. The molecule has 1 unspecified atom stereocenters. The van der Waals surface area contributed by atoms with Crippen molar-refractivity contribution >= 4 is 21.8 Å². The number of rotatable bonds is 6. The van der Waals surface area contributed by atoms with Crippen LogP contribution in [-0.4, -0.2) is 30.3 Å². The Morgan fingerprint density at radius 2 is 2.11 bits per heavy atom. The van der Waals surface area contributed by atoms with E-state index >= 15 is 0 Å². The van der Waals surface area contributed by atoms with Crippen molar-refractivity contribution in [1.82, 2.24) is 5.32 Å². The van der Waals surface area contributed by atoms with Gasteiger partial charge in [-0.3, -0.25) is 4.79 Å². The van der Waals surface area contributed by atoms with Crippen LogP contribution in [0.1, 0.15) is 6.92 Å². The lowest BCUT2D eigenvalue weighted by atomic mass is 10.3. The maximum atomic E-state index is 11.2. The van der Waals surface area contributed by atoms with E-state index in [4.69, 9.17) is 4.74 Å². The molecule has 2 N–H and O–H groups in total. The van der Waals surface area contributed by atoms with Crippen LogP contribution in [0.5, 0.6) is 5.75 Å². The maximum Gasteiger partial charge on any atom is 0.246 e. The van der Waals surface area contributed by atoms with Crippen molar-refractivity contribution < 1.29 is 14.6 Å². The number of benzene rings is 1. The van der Waals surface area contributed by atoms with Crippen molar-refractivity contribution in [2.75, 3.05) is 13.2 Å². The first-order valence-corrected chi connectivity index (χ1v) is 6.28. The fraction of sp³-hybridized carbons (Fsp3) is 0.308. The predicted octanol–water partition coefficient (Wildman–Crippen LogP) is 1.88. The van der Waals surface area contributed by atoms with E-state index in [1.165, 1.54) is 0 Å². The molecule has 4 nitrogen and oxygen atoms in total. The van der Waals surface area contributed by atoms with Gasteiger partial charge in [-0.25, -0.2) is 0 Å². The first-order chi connectivity index (χ1) is 8.49. The van der Waals surface area contributed by atoms with Gasteiger partial charge in [0.05, 0.1) is 0 Å². The maximum absolute atomic E-state index is 11.2. The number of aliphatic hydroxyl groups excluding tert-OH is 1. The first kappa shape index (κ1) is 14.7. The van der Waals surface area contributed by atoms with Gasteiger partial charge in [-0.2, -0.15) is 0 Å². The molecule has 0 aliphatic heterocycles. The minimum atomic E-state index is -0.753. The summed E-state index contributed by atoms with van der Waals surface area (Å²) < 4.78 is 6.33. The lowest BCUT2D eigenvalue weighted by Crippen LogP contribution is -2.35. The summed E-state index contributed by atoms with van der Waals surface area (Å²) in [5.74, 6) is 0.404. The van der Waals surface area contributed by atoms with E-state index in [2.05, 4.69) is 27.8 Å². The number of amides is 1. The van der Waals surface area contributed by atoms with E-state index in [0.717, 1.165) is 4.47 Å². The van der Waals surface area contributed by atoms with Crippen LogP contribution in [0.4, 0.5) is 0 Å². The van der Waals surface area contributed by atoms with Crippen molar-refractivity contribution in [1.29, 1.82) is 0 Å². The third-order valence-corrected chi connectivity index (χ3v) is 2.67. The van der Waals surface area contributed by atoms with Crippen molar-refractivity contribution in [2.45, 2.75) is 13.0 Å². The van der Waals surface area contributed by atoms with Gasteiger partial charge in [0.25, 0.3) is 0 Å². The summed E-state index contributed by atoms with van der Waals surface area (Å²) in [6.07, 6.45) is -0.753. The summed E-state index contributed by atoms with van der Waals surface area (Å²) in [5.41, 5.74) is 0.413. The first-order valence-electron chi connectivity index (χ1n) is 5.49. The van der Waals surface area contributed by atoms with E-state index < -0.39 is 6.10 Å². The van der Waals surface area contributed by atoms with E-state index in [9.17, 15) is 9.90 Å². The SMILES string of the molecule is C=C(C)C(=O)NCC(O)COc1ccc(Br)cc1. The van der Waals surface area contributed by atoms with Gasteiger partial charge in [0.15, 0.2) is 0 Å². The second kappa shape index (κ2) is 7.18. The van der Waals surface area contributed by atoms with Crippen LogP contribution in [-0.2, 0) is 4.79 Å². The number of hydrogen-bond acceptors (Lipinski definition) is 3. The number of carbonyl (C=O) groups is 1. The predicted molar refractivity (Wildman–Crippen MR) is 73.5 cm³/mol. The lowest BCUT2D eigenvalue weighted by Gasteiger charge is -2.13. The Bertz CT molecular complexity index is 417. The minimum Gasteiger partial charge on any atom is -0.491 e. The van der Waals surface area contributed by atoms with Crippen molar-refractivity contribution in [3.05, 3.63) is 40.9 Å². The molecule has 0 aromatic heterocycles. The highest BCUT2D eigenvalue weighted by molar-refractivity contribution is 9.10. The number of nitrogens with one attached hydrogen (secondary N) is 1. The Morgan fingerprint density at radius 3 is 2.67 bits per heavy atom. The smallest absolute Gasteiger partial charge is 0.246 e. The molecule has 0 aliphatic carbocycles. The number of halogens is 1. The van der Waals surface area contributed by atoms with Crippen molar-refractivity contribution in [2.24, 2.45) is 0 Å². The summed E-state index contributed by atoms with van der Waals surface area (Å²) >= 11 is 3.32. The molecule has 1 rings (SSSR count). The topological polar surface area (TPSA) is 58.6 Å². The molecule has 18 heavy (non-hydrogen) atoms. The lowest BCUT2D eigenvalue weighted by molar-refractivity contribution is -0.117. The quantitative estimate of drug-likeness (QED) is 0.788. The molecular formula is C13H16BrNO3. The highest BCUT2D eigenvalue weighted by Crippen LogP contribution is 2.16. The van der Waals surface area contributed by atoms with Crippen LogP contribution < -0.4 is 10.1 Å². The summed E-state index contributed by atoms with van der Waals surface area (Å²) in [7, 11) is 0. The zero-order valence-corrected chi connectivity index (χ0v) is 11.7. The third kappa shape index (κ3) is 5.33. The zero-order chi connectivity index (χ0) is 13.5. The molecule has 0 saturated carbocycles. The average molecular weight is 314 g/mol. The van der Waals surface area contributed by atoms with E-state index in [-0.39, 0.29) is 19.1 Å². The number of aliphatic hydroxyl groups is 1. The van der Waals surface area contributed by atoms with Gasteiger partial charge in [0.2, 0.25) is 5.91 Å². The van der Waals surface area contributed by atoms with Gasteiger partial charge < -0.3 is 15.2 Å². The van der Waals surface area contributed by atoms with E-state index in [1.54, 1.807) is 19.1 Å². The van der Waals surface area contributed by atoms with Crippen LogP contribution in [0.15, 0.2) is 40.9 Å². The van der Waals surface area contributed by atoms with Crippen LogP contribution >= 0.6 is 15.9 Å². The Labute approximate surface area is 115 Å². The van der Waals surface area contributed by atoms with E-state index in [0.29, 0.717) is 11.3 Å². The molecule has 0 heterocycles. The number of carbonyl (C=O) groups excluding carboxylic acids is 1. The monoisotopic (exact) mass is 313 g/mol. The third-order valence-electron chi connectivity index (χ3n) is 2.14. The summed E-state index contributed by atoms with van der Waals surface area (Å²) in [4.78, 5) is 11.2. The average Bonchev–Trinajstić information content (AvgIpc) is 2.35. The molecule has 1 aromatic carbocycles. The molecule has 0 aliphatic rings. The van der Waals surface area contributed by atoms with Crippen molar-refractivity contribution in [3.63, 3.8) is 0 Å². The normalized spacial score (nSPS) is 11.7. The van der Waals surface area contributed by atoms with Crippen LogP contribution in [0.25, 0.3) is 0 Å². The standard InChI is InChI=1S/C13H16BrNO3/c1-9(2)13(17)15-7-11(16)8-18-12-5-3-10(14)4-6-12/h3-6,11,16H,1,7-8H2,2H3,(H,15,17). The molecule has 1 aromatic rings. The van der Waals surface area contributed by atoms with Gasteiger partial charge in [0.1, 0.15) is 18.5 Å². The molecule has 0 saturated heterocycles. The van der Waals surface area contributed by atoms with Crippen LogP contribution in [0.3, 0.4) is 0 Å². The summed E-state index contributed by atoms with van der Waals surface area (Å²) in [6.45, 7) is 5.38. The molecule has 0 spiro atoms. The fourth-order valence-corrected chi connectivity index (χ4v) is 1.41. The van der Waals surface area contributed by atoms with E-state index in [1.807, 2.05) is 12.1 Å². The molecule has 5 heteroatoms. The van der Waals surface area contributed by atoms with Crippen LogP contribution in [0.2, 0.25) is 0 Å². The summed E-state index contributed by atoms with van der Waals surface area (Å²) in [5, 5.41) is 12.2. The van der Waals surface area contributed by atoms with Gasteiger partial charge >= 0.3 is 0 Å². The number of ether oxygens (including phenoxy) is 1. The number of hydrogen-bond donors (Lipinski definition) is 2. The van der Waals surface area contributed by atoms with Gasteiger partial charge in [0, 0.05) is 16.6 Å². The highest BCUT2D eigenvalue weighted by Gasteiger charge is 2.08. The van der Waals surface area contributed by atoms with Crippen molar-refractivity contribution in [3.8, 4) is 5.75 Å². The molecule has 1 atom stereocenters. The van der Waals surface area contributed by atoms with Gasteiger partial charge in [-0.1, -0.05) is 22.5 Å². The molecule has 0 fully saturated rings. The zero-order valence-electron chi connectivity index (χ0n) is 10.1. The molecule has 0 radical (unpaired) electrons. The van der Waals surface area contributed by atoms with Gasteiger partial charge in [-0.05, 0) is 31.2 Å². The second-order valence-corrected chi connectivity index (χ2v) is 4.82. The second-order valence-electron chi connectivity index (χ2n) is 3.91. The molecule has 1 amide bonds. The molecular weight excluding hydrogens is 298 g/mol. The molecule has 98 valence electrons. The Kier molecular flexibility index (Phi) is 5.88. The Morgan fingerprint density at radius 1 is 1.50 bits per heavy atom. The molecule has 0 bridgehead atoms. The minimum absolute atomic E-state index is 0.123. The van der Waals surface area contributed by atoms with Gasteiger partial charge in [-0.15, -0.1) is 0 Å². The Hall–Kier alpha value is -1.33. The summed E-state index contributed by atoms with van der Waals surface area (Å²) in [6, 6.07) is 7.29. The highest BCUT2D eigenvalue weighted by atomic mass is 79.9.